The van der Waals surface area contributed by atoms with E-state index in [2.05, 4.69) is 21.5 Å². The molecule has 4 aromatic rings. The van der Waals surface area contributed by atoms with Crippen LogP contribution in [0.2, 0.25) is 5.02 Å². The smallest absolute Gasteiger partial charge is 0.277 e. The number of aromatic nitrogens is 3. The van der Waals surface area contributed by atoms with Gasteiger partial charge in [0.1, 0.15) is 6.26 Å². The molecule has 7 heteroatoms. The zero-order valence-electron chi connectivity index (χ0n) is 15.3. The lowest BCUT2D eigenvalue weighted by Gasteiger charge is -2.06. The van der Waals surface area contributed by atoms with Crippen LogP contribution in [0.25, 0.3) is 17.1 Å². The second-order valence-electron chi connectivity index (χ2n) is 6.44. The monoisotopic (exact) mass is 392 g/mol. The Labute approximate surface area is 166 Å². The first-order valence-electron chi connectivity index (χ1n) is 8.65. The number of aryl methyl sites for hydroxylation is 2. The molecule has 0 bridgehead atoms. The van der Waals surface area contributed by atoms with Gasteiger partial charge in [-0.2, -0.15) is 5.10 Å². The van der Waals surface area contributed by atoms with Gasteiger partial charge in [-0.3, -0.25) is 4.79 Å². The average molecular weight is 393 g/mol. The molecule has 0 saturated carbocycles. The van der Waals surface area contributed by atoms with Crippen molar-refractivity contribution in [1.29, 1.82) is 0 Å². The number of nitrogens with zero attached hydrogens (tertiary/aromatic N) is 3. The largest absolute Gasteiger partial charge is 0.444 e. The zero-order valence-corrected chi connectivity index (χ0v) is 16.1. The lowest BCUT2D eigenvalue weighted by molar-refractivity contribution is 0.102. The number of halogens is 1. The summed E-state index contributed by atoms with van der Waals surface area (Å²) in [4.78, 5) is 16.7. The molecule has 2 heterocycles. The van der Waals surface area contributed by atoms with Gasteiger partial charge in [0.05, 0.1) is 34.4 Å². The summed E-state index contributed by atoms with van der Waals surface area (Å²) < 4.78 is 7.14. The maximum atomic E-state index is 12.5. The minimum absolute atomic E-state index is 0.161. The van der Waals surface area contributed by atoms with E-state index in [1.165, 1.54) is 11.8 Å². The van der Waals surface area contributed by atoms with E-state index in [9.17, 15) is 4.79 Å². The van der Waals surface area contributed by atoms with E-state index in [-0.39, 0.29) is 11.6 Å². The van der Waals surface area contributed by atoms with Crippen LogP contribution in [-0.4, -0.2) is 20.7 Å². The SMILES string of the molecule is Cc1ccc(-n2cc(NC(=O)c3coc(-c4ccccc4Cl)n3)cn2)c(C)c1. The van der Waals surface area contributed by atoms with Crippen molar-refractivity contribution < 1.29 is 9.21 Å². The highest BCUT2D eigenvalue weighted by molar-refractivity contribution is 6.33. The van der Waals surface area contributed by atoms with E-state index in [1.54, 1.807) is 29.2 Å². The van der Waals surface area contributed by atoms with E-state index in [0.717, 1.165) is 11.3 Å². The van der Waals surface area contributed by atoms with Crippen molar-refractivity contribution in [3.05, 3.63) is 83.0 Å². The summed E-state index contributed by atoms with van der Waals surface area (Å²) in [6.45, 7) is 4.06. The Balaban J connectivity index is 1.52. The number of nitrogens with one attached hydrogen (secondary N) is 1. The summed E-state index contributed by atoms with van der Waals surface area (Å²) in [5.74, 6) is -0.0936. The molecular weight excluding hydrogens is 376 g/mol. The van der Waals surface area contributed by atoms with Gasteiger partial charge in [-0.05, 0) is 37.6 Å². The second kappa shape index (κ2) is 7.32. The minimum atomic E-state index is -0.387. The van der Waals surface area contributed by atoms with Gasteiger partial charge < -0.3 is 9.73 Å². The number of amides is 1. The van der Waals surface area contributed by atoms with Gasteiger partial charge in [0.2, 0.25) is 5.89 Å². The summed E-state index contributed by atoms with van der Waals surface area (Å²) in [5, 5.41) is 7.62. The molecular formula is C21H17ClN4O2. The van der Waals surface area contributed by atoms with Gasteiger partial charge in [-0.25, -0.2) is 9.67 Å². The zero-order chi connectivity index (χ0) is 19.7. The topological polar surface area (TPSA) is 73.0 Å². The van der Waals surface area contributed by atoms with Crippen LogP contribution >= 0.6 is 11.6 Å². The summed E-state index contributed by atoms with van der Waals surface area (Å²) in [5.41, 5.74) is 4.59. The van der Waals surface area contributed by atoms with Crippen LogP contribution in [0.1, 0.15) is 21.6 Å². The van der Waals surface area contributed by atoms with Crippen LogP contribution < -0.4 is 5.32 Å². The Morgan fingerprint density at radius 2 is 2.00 bits per heavy atom. The van der Waals surface area contributed by atoms with E-state index < -0.39 is 0 Å². The first-order valence-corrected chi connectivity index (χ1v) is 9.03. The number of carbonyl (C=O) groups excluding carboxylic acids is 1. The third-order valence-electron chi connectivity index (χ3n) is 4.28. The quantitative estimate of drug-likeness (QED) is 0.527. The number of benzene rings is 2. The molecule has 28 heavy (non-hydrogen) atoms. The molecule has 0 aliphatic carbocycles. The fraction of sp³-hybridized carbons (Fsp3) is 0.0952. The highest BCUT2D eigenvalue weighted by Crippen LogP contribution is 2.27. The molecule has 0 aliphatic heterocycles. The Bertz CT molecular complexity index is 1160. The molecule has 0 spiro atoms. The maximum absolute atomic E-state index is 12.5. The van der Waals surface area contributed by atoms with E-state index >= 15 is 0 Å². The Kier molecular flexibility index (Phi) is 4.71. The third kappa shape index (κ3) is 3.54. The minimum Gasteiger partial charge on any atom is -0.444 e. The lowest BCUT2D eigenvalue weighted by Crippen LogP contribution is -2.11. The van der Waals surface area contributed by atoms with E-state index in [0.29, 0.717) is 22.2 Å². The average Bonchev–Trinajstić information content (AvgIpc) is 3.32. The van der Waals surface area contributed by atoms with Crippen molar-refractivity contribution in [3.8, 4) is 17.1 Å². The number of hydrogen-bond donors (Lipinski definition) is 1. The van der Waals surface area contributed by atoms with Crippen molar-refractivity contribution in [2.24, 2.45) is 0 Å². The van der Waals surface area contributed by atoms with Crippen molar-refractivity contribution in [2.45, 2.75) is 13.8 Å². The summed E-state index contributed by atoms with van der Waals surface area (Å²) in [7, 11) is 0. The standard InChI is InChI=1S/C21H17ClN4O2/c1-13-7-8-19(14(2)9-13)26-11-15(10-23-26)24-20(27)18-12-28-21(25-18)16-5-3-4-6-17(16)22/h3-12H,1-2H3,(H,24,27). The Morgan fingerprint density at radius 1 is 1.18 bits per heavy atom. The van der Waals surface area contributed by atoms with Crippen molar-refractivity contribution in [3.63, 3.8) is 0 Å². The molecule has 0 unspecified atom stereocenters. The van der Waals surface area contributed by atoms with Gasteiger partial charge >= 0.3 is 0 Å². The molecule has 6 nitrogen and oxygen atoms in total. The predicted octanol–water partition coefficient (Wildman–Crippen LogP) is 5.05. The number of carbonyl (C=O) groups is 1. The molecule has 140 valence electrons. The Hall–Kier alpha value is -3.38. The second-order valence-corrected chi connectivity index (χ2v) is 6.84. The number of oxazole rings is 1. The van der Waals surface area contributed by atoms with E-state index in [4.69, 9.17) is 16.0 Å². The fourth-order valence-electron chi connectivity index (χ4n) is 2.91. The molecule has 0 radical (unpaired) electrons. The van der Waals surface area contributed by atoms with Gasteiger partial charge in [0.15, 0.2) is 5.69 Å². The van der Waals surface area contributed by atoms with Crippen molar-refractivity contribution in [1.82, 2.24) is 14.8 Å². The predicted molar refractivity (Wildman–Crippen MR) is 108 cm³/mol. The van der Waals surface area contributed by atoms with E-state index in [1.807, 2.05) is 38.1 Å². The lowest BCUT2D eigenvalue weighted by atomic mass is 10.1. The van der Waals surface area contributed by atoms with Gasteiger partial charge in [-0.1, -0.05) is 41.4 Å². The molecule has 4 rings (SSSR count). The summed E-state index contributed by atoms with van der Waals surface area (Å²) in [6, 6.07) is 13.3. The normalized spacial score (nSPS) is 10.8. The van der Waals surface area contributed by atoms with Crippen LogP contribution in [0, 0.1) is 13.8 Å². The molecule has 0 aliphatic rings. The highest BCUT2D eigenvalue weighted by Gasteiger charge is 2.16. The van der Waals surface area contributed by atoms with Crippen LogP contribution in [-0.2, 0) is 0 Å². The van der Waals surface area contributed by atoms with Crippen LogP contribution in [0.15, 0.2) is 65.5 Å². The molecule has 1 amide bonds. The van der Waals surface area contributed by atoms with Gasteiger partial charge in [0, 0.05) is 0 Å². The van der Waals surface area contributed by atoms with Crippen LogP contribution in [0.4, 0.5) is 5.69 Å². The highest BCUT2D eigenvalue weighted by atomic mass is 35.5. The molecule has 0 saturated heterocycles. The first kappa shape index (κ1) is 18.0. The molecule has 0 atom stereocenters. The van der Waals surface area contributed by atoms with Crippen molar-refractivity contribution >= 4 is 23.2 Å². The van der Waals surface area contributed by atoms with Crippen LogP contribution in [0.5, 0.6) is 0 Å². The fourth-order valence-corrected chi connectivity index (χ4v) is 3.13. The molecule has 0 fully saturated rings. The van der Waals surface area contributed by atoms with Crippen LogP contribution in [0.3, 0.4) is 0 Å². The molecule has 2 aromatic carbocycles. The van der Waals surface area contributed by atoms with Gasteiger partial charge in [0.25, 0.3) is 5.91 Å². The summed E-state index contributed by atoms with van der Waals surface area (Å²) in [6.07, 6.45) is 4.65. The molecule has 1 N–H and O–H groups in total. The summed E-state index contributed by atoms with van der Waals surface area (Å²) >= 11 is 6.15. The number of hydrogen-bond acceptors (Lipinski definition) is 4. The molecule has 2 aromatic heterocycles. The number of rotatable bonds is 4. The van der Waals surface area contributed by atoms with Gasteiger partial charge in [-0.15, -0.1) is 0 Å². The third-order valence-corrected chi connectivity index (χ3v) is 4.61. The van der Waals surface area contributed by atoms with Crippen molar-refractivity contribution in [2.75, 3.05) is 5.32 Å². The first-order chi connectivity index (χ1) is 13.5. The maximum Gasteiger partial charge on any atom is 0.277 e. The Morgan fingerprint density at radius 3 is 2.79 bits per heavy atom. The number of anilines is 1.